The molecule has 1 aliphatic rings. The molecule has 0 bridgehead atoms. The fourth-order valence-electron chi connectivity index (χ4n) is 3.13. The number of nitrogens with one attached hydrogen (secondary N) is 1. The van der Waals surface area contributed by atoms with E-state index in [1.54, 1.807) is 0 Å². The topological polar surface area (TPSA) is 24.9 Å². The van der Waals surface area contributed by atoms with Crippen LogP contribution in [0.2, 0.25) is 0 Å². The first-order valence-electron chi connectivity index (χ1n) is 7.34. The summed E-state index contributed by atoms with van der Waals surface area (Å²) in [6, 6.07) is 5.00. The Kier molecular flexibility index (Phi) is 4.76. The molecule has 18 heavy (non-hydrogen) atoms. The molecule has 0 spiro atoms. The van der Waals surface area contributed by atoms with Crippen molar-refractivity contribution in [3.8, 4) is 0 Å². The smallest absolute Gasteiger partial charge is 0.0419 e. The molecule has 1 aromatic rings. The maximum atomic E-state index is 4.59. The second-order valence-corrected chi connectivity index (χ2v) is 5.79. The standard InChI is InChI=1S/C16H26N2/c1-4-13-6-8-15(18-11-13)10-16(17-3)14-7-5-12(2)9-14/h6,8,11-12,14,16-17H,4-5,7,9-10H2,1-3H3. The van der Waals surface area contributed by atoms with Gasteiger partial charge in [-0.15, -0.1) is 0 Å². The summed E-state index contributed by atoms with van der Waals surface area (Å²) >= 11 is 0. The molecular weight excluding hydrogens is 220 g/mol. The second-order valence-electron chi connectivity index (χ2n) is 5.79. The van der Waals surface area contributed by atoms with E-state index in [0.29, 0.717) is 6.04 Å². The first kappa shape index (κ1) is 13.5. The van der Waals surface area contributed by atoms with E-state index in [1.165, 1.54) is 30.5 Å². The predicted molar refractivity (Wildman–Crippen MR) is 76.7 cm³/mol. The molecule has 0 aliphatic heterocycles. The van der Waals surface area contributed by atoms with E-state index in [4.69, 9.17) is 0 Å². The van der Waals surface area contributed by atoms with Gasteiger partial charge in [-0.1, -0.05) is 26.3 Å². The van der Waals surface area contributed by atoms with Crippen LogP contribution < -0.4 is 5.32 Å². The van der Waals surface area contributed by atoms with Crippen LogP contribution in [0.15, 0.2) is 18.3 Å². The molecule has 0 saturated heterocycles. The van der Waals surface area contributed by atoms with E-state index in [9.17, 15) is 0 Å². The highest BCUT2D eigenvalue weighted by Crippen LogP contribution is 2.33. The van der Waals surface area contributed by atoms with E-state index in [2.05, 4.69) is 43.3 Å². The van der Waals surface area contributed by atoms with Crippen LogP contribution in [0.3, 0.4) is 0 Å². The zero-order valence-electron chi connectivity index (χ0n) is 11.9. The monoisotopic (exact) mass is 246 g/mol. The number of aryl methyl sites for hydroxylation is 1. The molecule has 1 fully saturated rings. The average molecular weight is 246 g/mol. The van der Waals surface area contributed by atoms with Crippen LogP contribution in [0, 0.1) is 11.8 Å². The molecule has 100 valence electrons. The molecule has 1 saturated carbocycles. The summed E-state index contributed by atoms with van der Waals surface area (Å²) in [5.74, 6) is 1.74. The first-order valence-corrected chi connectivity index (χ1v) is 7.34. The highest BCUT2D eigenvalue weighted by Gasteiger charge is 2.28. The fraction of sp³-hybridized carbons (Fsp3) is 0.688. The third-order valence-electron chi connectivity index (χ3n) is 4.40. The minimum atomic E-state index is 0.593. The Bertz CT molecular complexity index is 358. The van der Waals surface area contributed by atoms with Crippen LogP contribution >= 0.6 is 0 Å². The summed E-state index contributed by atoms with van der Waals surface area (Å²) in [6.45, 7) is 4.55. The highest BCUT2D eigenvalue weighted by molar-refractivity contribution is 5.15. The van der Waals surface area contributed by atoms with Crippen molar-refractivity contribution in [2.75, 3.05) is 7.05 Å². The summed E-state index contributed by atoms with van der Waals surface area (Å²) in [5, 5.41) is 3.50. The number of rotatable bonds is 5. The molecule has 1 heterocycles. The fourth-order valence-corrected chi connectivity index (χ4v) is 3.13. The van der Waals surface area contributed by atoms with Crippen molar-refractivity contribution in [1.29, 1.82) is 0 Å². The predicted octanol–water partition coefficient (Wildman–Crippen LogP) is 3.21. The lowest BCUT2D eigenvalue weighted by Crippen LogP contribution is -2.34. The lowest BCUT2D eigenvalue weighted by molar-refractivity contribution is 0.365. The zero-order valence-corrected chi connectivity index (χ0v) is 11.9. The Morgan fingerprint density at radius 3 is 2.72 bits per heavy atom. The molecule has 1 N–H and O–H groups in total. The summed E-state index contributed by atoms with van der Waals surface area (Å²) < 4.78 is 0. The third-order valence-corrected chi connectivity index (χ3v) is 4.40. The van der Waals surface area contributed by atoms with Crippen LogP contribution in [-0.2, 0) is 12.8 Å². The van der Waals surface area contributed by atoms with E-state index in [1.807, 2.05) is 6.20 Å². The van der Waals surface area contributed by atoms with Crippen LogP contribution in [0.25, 0.3) is 0 Å². The maximum Gasteiger partial charge on any atom is 0.0419 e. The molecule has 0 aromatic carbocycles. The minimum Gasteiger partial charge on any atom is -0.316 e. The molecule has 1 aliphatic carbocycles. The molecule has 3 atom stereocenters. The molecule has 2 nitrogen and oxygen atoms in total. The van der Waals surface area contributed by atoms with E-state index in [-0.39, 0.29) is 0 Å². The quantitative estimate of drug-likeness (QED) is 0.863. The number of hydrogen-bond acceptors (Lipinski definition) is 2. The van der Waals surface area contributed by atoms with Crippen LogP contribution in [0.5, 0.6) is 0 Å². The van der Waals surface area contributed by atoms with Gasteiger partial charge < -0.3 is 5.32 Å². The molecule has 3 unspecified atom stereocenters. The van der Waals surface area contributed by atoms with Gasteiger partial charge in [0.25, 0.3) is 0 Å². The largest absolute Gasteiger partial charge is 0.316 e. The van der Waals surface area contributed by atoms with Gasteiger partial charge in [-0.05, 0) is 49.8 Å². The van der Waals surface area contributed by atoms with Gasteiger partial charge in [-0.3, -0.25) is 4.98 Å². The van der Waals surface area contributed by atoms with Gasteiger partial charge in [-0.2, -0.15) is 0 Å². The van der Waals surface area contributed by atoms with Gasteiger partial charge in [0.05, 0.1) is 0 Å². The van der Waals surface area contributed by atoms with Gasteiger partial charge in [0.15, 0.2) is 0 Å². The van der Waals surface area contributed by atoms with Crippen molar-refractivity contribution in [2.24, 2.45) is 11.8 Å². The van der Waals surface area contributed by atoms with Crippen molar-refractivity contribution in [2.45, 2.75) is 52.0 Å². The average Bonchev–Trinajstić information content (AvgIpc) is 2.83. The Hall–Kier alpha value is -0.890. The molecule has 2 heteroatoms. The summed E-state index contributed by atoms with van der Waals surface area (Å²) in [7, 11) is 2.09. The van der Waals surface area contributed by atoms with E-state index >= 15 is 0 Å². The highest BCUT2D eigenvalue weighted by atomic mass is 14.9. The van der Waals surface area contributed by atoms with Crippen LogP contribution in [-0.4, -0.2) is 18.1 Å². The normalized spacial score (nSPS) is 25.3. The number of hydrogen-bond donors (Lipinski definition) is 1. The Morgan fingerprint density at radius 2 is 2.22 bits per heavy atom. The van der Waals surface area contributed by atoms with Crippen molar-refractivity contribution >= 4 is 0 Å². The summed E-state index contributed by atoms with van der Waals surface area (Å²) in [6.07, 6.45) is 8.31. The zero-order chi connectivity index (χ0) is 13.0. The molecule has 1 aromatic heterocycles. The number of nitrogens with zero attached hydrogens (tertiary/aromatic N) is 1. The minimum absolute atomic E-state index is 0.593. The number of likely N-dealkylation sites (N-methyl/N-ethyl adjacent to an activating group) is 1. The van der Waals surface area contributed by atoms with Gasteiger partial charge >= 0.3 is 0 Å². The molecule has 2 rings (SSSR count). The summed E-state index contributed by atoms with van der Waals surface area (Å²) in [5.41, 5.74) is 2.56. The van der Waals surface area contributed by atoms with E-state index < -0.39 is 0 Å². The molecule has 0 amide bonds. The number of pyridine rings is 1. The van der Waals surface area contributed by atoms with Crippen molar-refractivity contribution < 1.29 is 0 Å². The Labute approximate surface area is 111 Å². The summed E-state index contributed by atoms with van der Waals surface area (Å²) in [4.78, 5) is 4.59. The lowest BCUT2D eigenvalue weighted by Gasteiger charge is -2.23. The SMILES string of the molecule is CCc1ccc(CC(NC)C2CCC(C)C2)nc1. The number of aromatic nitrogens is 1. The van der Waals surface area contributed by atoms with Gasteiger partial charge in [0.1, 0.15) is 0 Å². The van der Waals surface area contributed by atoms with E-state index in [0.717, 1.165) is 24.7 Å². The molecular formula is C16H26N2. The maximum absolute atomic E-state index is 4.59. The van der Waals surface area contributed by atoms with Crippen LogP contribution in [0.4, 0.5) is 0 Å². The van der Waals surface area contributed by atoms with Crippen molar-refractivity contribution in [3.05, 3.63) is 29.6 Å². The second kappa shape index (κ2) is 6.33. The lowest BCUT2D eigenvalue weighted by atomic mass is 9.93. The van der Waals surface area contributed by atoms with Gasteiger partial charge in [0.2, 0.25) is 0 Å². The Balaban J connectivity index is 1.96. The van der Waals surface area contributed by atoms with Crippen LogP contribution in [0.1, 0.15) is 44.4 Å². The van der Waals surface area contributed by atoms with Gasteiger partial charge in [-0.25, -0.2) is 0 Å². The molecule has 0 radical (unpaired) electrons. The van der Waals surface area contributed by atoms with Crippen molar-refractivity contribution in [3.63, 3.8) is 0 Å². The third kappa shape index (κ3) is 3.32. The Morgan fingerprint density at radius 1 is 1.39 bits per heavy atom. The van der Waals surface area contributed by atoms with Gasteiger partial charge in [0, 0.05) is 24.4 Å². The first-order chi connectivity index (χ1) is 8.72. The van der Waals surface area contributed by atoms with Crippen molar-refractivity contribution in [1.82, 2.24) is 10.3 Å².